The van der Waals surface area contributed by atoms with Crippen LogP contribution in [0.15, 0.2) is 48.5 Å². The van der Waals surface area contributed by atoms with Crippen molar-refractivity contribution in [3.63, 3.8) is 0 Å². The molecule has 1 atom stereocenters. The maximum absolute atomic E-state index is 13.1. The lowest BCUT2D eigenvalue weighted by molar-refractivity contribution is -0.385. The van der Waals surface area contributed by atoms with Crippen molar-refractivity contribution in [3.05, 3.63) is 74.8 Å². The molecule has 0 aromatic heterocycles. The monoisotopic (exact) mass is 417 g/mol. The van der Waals surface area contributed by atoms with Crippen molar-refractivity contribution < 1.29 is 14.5 Å². The van der Waals surface area contributed by atoms with Crippen LogP contribution in [-0.2, 0) is 22.6 Å². The van der Waals surface area contributed by atoms with E-state index in [-0.39, 0.29) is 30.6 Å². The third-order valence-electron chi connectivity index (χ3n) is 4.43. The van der Waals surface area contributed by atoms with Gasteiger partial charge in [-0.3, -0.25) is 19.7 Å². The fourth-order valence-corrected chi connectivity index (χ4v) is 3.10. The molecule has 0 aliphatic heterocycles. The number of para-hydroxylation sites is 1. The number of nitrogens with one attached hydrogen (secondary N) is 1. The zero-order valence-electron chi connectivity index (χ0n) is 16.6. The predicted octanol–water partition coefficient (Wildman–Crippen LogP) is 3.73. The van der Waals surface area contributed by atoms with Gasteiger partial charge in [0.2, 0.25) is 11.8 Å². The summed E-state index contributed by atoms with van der Waals surface area (Å²) in [5.74, 6) is -0.700. The van der Waals surface area contributed by atoms with Gasteiger partial charge in [0.15, 0.2) is 0 Å². The van der Waals surface area contributed by atoms with Gasteiger partial charge in [-0.25, -0.2) is 0 Å². The van der Waals surface area contributed by atoms with Crippen molar-refractivity contribution in [2.45, 2.75) is 45.8 Å². The zero-order valence-corrected chi connectivity index (χ0v) is 17.3. The molecule has 1 N–H and O–H groups in total. The highest BCUT2D eigenvalue weighted by atomic mass is 35.5. The lowest BCUT2D eigenvalue weighted by atomic mass is 10.1. The van der Waals surface area contributed by atoms with Crippen LogP contribution in [0.1, 0.15) is 31.9 Å². The number of carbonyl (C=O) groups is 2. The van der Waals surface area contributed by atoms with Gasteiger partial charge in [-0.1, -0.05) is 48.0 Å². The number of nitrogens with zero attached hydrogens (tertiary/aromatic N) is 2. The molecule has 8 heteroatoms. The predicted molar refractivity (Wildman–Crippen MR) is 112 cm³/mol. The Kier molecular flexibility index (Phi) is 7.73. The molecular formula is C21H24ClN3O4. The maximum Gasteiger partial charge on any atom is 0.273 e. The Morgan fingerprint density at radius 1 is 1.07 bits per heavy atom. The van der Waals surface area contributed by atoms with Crippen molar-refractivity contribution >= 4 is 29.1 Å². The molecule has 0 fully saturated rings. The number of benzene rings is 2. The van der Waals surface area contributed by atoms with Crippen molar-refractivity contribution in [1.29, 1.82) is 0 Å². The zero-order chi connectivity index (χ0) is 21.6. The van der Waals surface area contributed by atoms with Gasteiger partial charge >= 0.3 is 0 Å². The standard InChI is InChI=1S/C21H24ClN3O4/c1-14(2)23-21(27)15(3)24(13-17-9-4-6-10-18(17)22)20(26)12-16-8-5-7-11-19(16)25(28)29/h4-11,14-15H,12-13H2,1-3H3,(H,23,27). The maximum atomic E-state index is 13.1. The molecule has 0 saturated heterocycles. The molecule has 0 spiro atoms. The number of amides is 2. The van der Waals surface area contributed by atoms with Gasteiger partial charge in [-0.05, 0) is 32.4 Å². The van der Waals surface area contributed by atoms with E-state index in [9.17, 15) is 19.7 Å². The summed E-state index contributed by atoms with van der Waals surface area (Å²) in [6.45, 7) is 5.41. The Labute approximate surface area is 174 Å². The van der Waals surface area contributed by atoms with Crippen LogP contribution < -0.4 is 5.32 Å². The number of hydrogen-bond donors (Lipinski definition) is 1. The topological polar surface area (TPSA) is 92.6 Å². The summed E-state index contributed by atoms with van der Waals surface area (Å²) in [4.78, 5) is 37.8. The molecule has 0 saturated carbocycles. The molecule has 0 aliphatic carbocycles. The molecule has 29 heavy (non-hydrogen) atoms. The van der Waals surface area contributed by atoms with E-state index < -0.39 is 16.9 Å². The Bertz CT molecular complexity index is 901. The Morgan fingerprint density at radius 3 is 2.24 bits per heavy atom. The Balaban J connectivity index is 2.33. The smallest absolute Gasteiger partial charge is 0.273 e. The first-order valence-electron chi connectivity index (χ1n) is 9.26. The van der Waals surface area contributed by atoms with Gasteiger partial charge < -0.3 is 10.2 Å². The highest BCUT2D eigenvalue weighted by Crippen LogP contribution is 2.22. The lowest BCUT2D eigenvalue weighted by Gasteiger charge is -2.29. The SMILES string of the molecule is CC(C)NC(=O)C(C)N(Cc1ccccc1Cl)C(=O)Cc1ccccc1[N+](=O)[O-]. The van der Waals surface area contributed by atoms with Crippen LogP contribution in [0.4, 0.5) is 5.69 Å². The van der Waals surface area contributed by atoms with Crippen molar-refractivity contribution in [2.75, 3.05) is 0 Å². The highest BCUT2D eigenvalue weighted by Gasteiger charge is 2.28. The third-order valence-corrected chi connectivity index (χ3v) is 4.80. The van der Waals surface area contributed by atoms with E-state index in [0.717, 1.165) is 0 Å². The average molecular weight is 418 g/mol. The summed E-state index contributed by atoms with van der Waals surface area (Å²) in [5, 5.41) is 14.5. The third kappa shape index (κ3) is 6.02. The minimum Gasteiger partial charge on any atom is -0.352 e. The summed E-state index contributed by atoms with van der Waals surface area (Å²) < 4.78 is 0. The first kappa shape index (κ1) is 22.4. The van der Waals surface area contributed by atoms with E-state index >= 15 is 0 Å². The minimum atomic E-state index is -0.774. The van der Waals surface area contributed by atoms with E-state index in [1.54, 1.807) is 49.4 Å². The number of nitro benzene ring substituents is 1. The average Bonchev–Trinajstić information content (AvgIpc) is 2.66. The summed E-state index contributed by atoms with van der Waals surface area (Å²) in [6, 6.07) is 12.3. The van der Waals surface area contributed by atoms with Gasteiger partial charge in [0.1, 0.15) is 6.04 Å². The van der Waals surface area contributed by atoms with Gasteiger partial charge in [0, 0.05) is 29.2 Å². The molecule has 7 nitrogen and oxygen atoms in total. The second-order valence-electron chi connectivity index (χ2n) is 7.01. The van der Waals surface area contributed by atoms with Gasteiger partial charge in [-0.15, -0.1) is 0 Å². The second kappa shape index (κ2) is 10.0. The second-order valence-corrected chi connectivity index (χ2v) is 7.42. The Hall–Kier alpha value is -2.93. The highest BCUT2D eigenvalue weighted by molar-refractivity contribution is 6.31. The first-order chi connectivity index (χ1) is 13.7. The summed E-state index contributed by atoms with van der Waals surface area (Å²) in [5.41, 5.74) is 0.857. The fourth-order valence-electron chi connectivity index (χ4n) is 2.90. The summed E-state index contributed by atoms with van der Waals surface area (Å²) in [7, 11) is 0. The van der Waals surface area contributed by atoms with Crippen LogP contribution in [0, 0.1) is 10.1 Å². The fraction of sp³-hybridized carbons (Fsp3) is 0.333. The van der Waals surface area contributed by atoms with E-state index in [0.29, 0.717) is 16.1 Å². The molecule has 2 aromatic carbocycles. The number of rotatable bonds is 8. The van der Waals surface area contributed by atoms with Crippen LogP contribution in [0.25, 0.3) is 0 Å². The quantitative estimate of drug-likeness (QED) is 0.523. The van der Waals surface area contributed by atoms with Crippen LogP contribution in [0.3, 0.4) is 0 Å². The first-order valence-corrected chi connectivity index (χ1v) is 9.64. The molecular weight excluding hydrogens is 394 g/mol. The molecule has 2 aromatic rings. The molecule has 154 valence electrons. The Morgan fingerprint density at radius 2 is 1.66 bits per heavy atom. The van der Waals surface area contributed by atoms with Gasteiger partial charge in [-0.2, -0.15) is 0 Å². The van der Waals surface area contributed by atoms with Crippen LogP contribution in [0.2, 0.25) is 5.02 Å². The van der Waals surface area contributed by atoms with E-state index in [2.05, 4.69) is 5.32 Å². The molecule has 2 rings (SSSR count). The van der Waals surface area contributed by atoms with Crippen molar-refractivity contribution in [1.82, 2.24) is 10.2 Å². The summed E-state index contributed by atoms with van der Waals surface area (Å²) >= 11 is 6.24. The van der Waals surface area contributed by atoms with Gasteiger partial charge in [0.05, 0.1) is 11.3 Å². The van der Waals surface area contributed by atoms with Gasteiger partial charge in [0.25, 0.3) is 5.69 Å². The molecule has 0 bridgehead atoms. The number of hydrogen-bond acceptors (Lipinski definition) is 4. The lowest BCUT2D eigenvalue weighted by Crippen LogP contribution is -2.49. The van der Waals surface area contributed by atoms with E-state index in [4.69, 9.17) is 11.6 Å². The van der Waals surface area contributed by atoms with E-state index in [1.807, 2.05) is 13.8 Å². The largest absolute Gasteiger partial charge is 0.352 e. The number of halogens is 1. The molecule has 2 amide bonds. The van der Waals surface area contributed by atoms with Crippen molar-refractivity contribution in [2.24, 2.45) is 0 Å². The minimum absolute atomic E-state index is 0.0857. The van der Waals surface area contributed by atoms with Crippen molar-refractivity contribution in [3.8, 4) is 0 Å². The molecule has 0 heterocycles. The molecule has 0 aliphatic rings. The van der Waals surface area contributed by atoms with Crippen LogP contribution in [-0.4, -0.2) is 33.7 Å². The van der Waals surface area contributed by atoms with Crippen LogP contribution >= 0.6 is 11.6 Å². The number of nitro groups is 1. The summed E-state index contributed by atoms with van der Waals surface area (Å²) in [6.07, 6.45) is -0.194. The van der Waals surface area contributed by atoms with Crippen LogP contribution in [0.5, 0.6) is 0 Å². The molecule has 0 radical (unpaired) electrons. The number of carbonyl (C=O) groups excluding carboxylic acids is 2. The van der Waals surface area contributed by atoms with E-state index in [1.165, 1.54) is 11.0 Å². The molecule has 1 unspecified atom stereocenters. The normalized spacial score (nSPS) is 11.8.